The van der Waals surface area contributed by atoms with Gasteiger partial charge in [-0.15, -0.1) is 5.10 Å². The van der Waals surface area contributed by atoms with Gasteiger partial charge in [-0.1, -0.05) is 0 Å². The lowest BCUT2D eigenvalue weighted by atomic mass is 10.2. The van der Waals surface area contributed by atoms with Crippen LogP contribution in [0.25, 0.3) is 0 Å². The lowest BCUT2D eigenvalue weighted by Gasteiger charge is -2.29. The summed E-state index contributed by atoms with van der Waals surface area (Å²) in [5.74, 6) is 1.46. The topological polar surface area (TPSA) is 70.8 Å². The number of hydrogen-bond acceptors (Lipinski definition) is 4. The molecule has 15 heavy (non-hydrogen) atoms. The predicted octanol–water partition coefficient (Wildman–Crippen LogP) is 1.45. The molecule has 0 radical (unpaired) electrons. The summed E-state index contributed by atoms with van der Waals surface area (Å²) in [6.45, 7) is 10.4. The summed E-state index contributed by atoms with van der Waals surface area (Å²) in [7, 11) is 0. The summed E-state index contributed by atoms with van der Waals surface area (Å²) in [6.07, 6.45) is 0. The molecule has 86 valence electrons. The van der Waals surface area contributed by atoms with Gasteiger partial charge in [0.05, 0.1) is 6.04 Å². The van der Waals surface area contributed by atoms with Crippen LogP contribution in [0.5, 0.6) is 0 Å². The number of rotatable bonds is 4. The number of hydrogen-bond donors (Lipinski definition) is 2. The Kier molecular flexibility index (Phi) is 3.68. The van der Waals surface area contributed by atoms with Gasteiger partial charge in [-0.3, -0.25) is 5.10 Å². The Hall–Kier alpha value is -1.10. The molecule has 0 aliphatic heterocycles. The molecule has 3 N–H and O–H groups in total. The smallest absolute Gasteiger partial charge is 0.245 e. The molecule has 1 aromatic rings. The Morgan fingerprint density at radius 3 is 2.00 bits per heavy atom. The third-order valence-electron chi connectivity index (χ3n) is 2.27. The van der Waals surface area contributed by atoms with Crippen LogP contribution in [0.1, 0.15) is 46.5 Å². The number of H-pyrrole nitrogens is 1. The van der Waals surface area contributed by atoms with E-state index < -0.39 is 0 Å². The molecule has 1 aromatic heterocycles. The van der Waals surface area contributed by atoms with Gasteiger partial charge in [0, 0.05) is 12.1 Å². The first-order chi connectivity index (χ1) is 6.93. The molecule has 1 rings (SSSR count). The van der Waals surface area contributed by atoms with Crippen molar-refractivity contribution in [2.24, 2.45) is 5.73 Å². The standard InChI is InChI=1S/C10H21N5/c1-6(2)15(7(3)4)10-12-9(8(5)11)13-14-10/h6-8H,11H2,1-5H3,(H,12,13,14). The summed E-state index contributed by atoms with van der Waals surface area (Å²) in [4.78, 5) is 6.54. The van der Waals surface area contributed by atoms with E-state index in [2.05, 4.69) is 47.8 Å². The van der Waals surface area contributed by atoms with Crippen LogP contribution < -0.4 is 10.6 Å². The fourth-order valence-corrected chi connectivity index (χ4v) is 1.64. The van der Waals surface area contributed by atoms with Crippen molar-refractivity contribution >= 4 is 5.95 Å². The molecule has 0 aliphatic carbocycles. The SMILES string of the molecule is CC(N)c1nc(N(C(C)C)C(C)C)n[nH]1. The normalized spacial score (nSPS) is 13.6. The lowest BCUT2D eigenvalue weighted by molar-refractivity contribution is 0.592. The molecule has 1 heterocycles. The monoisotopic (exact) mass is 211 g/mol. The van der Waals surface area contributed by atoms with E-state index in [1.807, 2.05) is 6.92 Å². The Bertz CT molecular complexity index is 295. The van der Waals surface area contributed by atoms with Crippen molar-refractivity contribution in [3.05, 3.63) is 5.82 Å². The number of aromatic amines is 1. The van der Waals surface area contributed by atoms with Crippen LogP contribution in [-0.4, -0.2) is 27.3 Å². The molecule has 0 bridgehead atoms. The van der Waals surface area contributed by atoms with E-state index in [0.717, 1.165) is 11.8 Å². The van der Waals surface area contributed by atoms with Gasteiger partial charge in [0.1, 0.15) is 5.82 Å². The van der Waals surface area contributed by atoms with Gasteiger partial charge in [-0.05, 0) is 34.6 Å². The zero-order valence-electron chi connectivity index (χ0n) is 10.2. The molecule has 0 fully saturated rings. The van der Waals surface area contributed by atoms with E-state index in [1.54, 1.807) is 0 Å². The Labute approximate surface area is 91.1 Å². The van der Waals surface area contributed by atoms with Gasteiger partial charge in [-0.2, -0.15) is 4.98 Å². The van der Waals surface area contributed by atoms with Crippen LogP contribution in [0.4, 0.5) is 5.95 Å². The minimum absolute atomic E-state index is 0.104. The maximum atomic E-state index is 5.73. The number of anilines is 1. The molecule has 5 heteroatoms. The van der Waals surface area contributed by atoms with Crippen molar-refractivity contribution in [3.8, 4) is 0 Å². The van der Waals surface area contributed by atoms with Gasteiger partial charge in [0.2, 0.25) is 5.95 Å². The van der Waals surface area contributed by atoms with Gasteiger partial charge in [0.15, 0.2) is 0 Å². The van der Waals surface area contributed by atoms with E-state index >= 15 is 0 Å². The number of nitrogens with one attached hydrogen (secondary N) is 1. The van der Waals surface area contributed by atoms with Crippen LogP contribution >= 0.6 is 0 Å². The highest BCUT2D eigenvalue weighted by Crippen LogP contribution is 2.16. The summed E-state index contributed by atoms with van der Waals surface area (Å²) >= 11 is 0. The first-order valence-corrected chi connectivity index (χ1v) is 5.39. The second-order valence-corrected chi connectivity index (χ2v) is 4.40. The van der Waals surface area contributed by atoms with Crippen molar-refractivity contribution in [1.29, 1.82) is 0 Å². The third kappa shape index (κ3) is 2.68. The molecular formula is C10H21N5. The van der Waals surface area contributed by atoms with Crippen LogP contribution in [0.15, 0.2) is 0 Å². The number of nitrogens with two attached hydrogens (primary N) is 1. The highest BCUT2D eigenvalue weighted by molar-refractivity contribution is 5.31. The molecule has 0 aromatic carbocycles. The highest BCUT2D eigenvalue weighted by Gasteiger charge is 2.19. The molecule has 0 amide bonds. The Balaban J connectivity index is 2.92. The maximum Gasteiger partial charge on any atom is 0.245 e. The van der Waals surface area contributed by atoms with E-state index in [9.17, 15) is 0 Å². The van der Waals surface area contributed by atoms with Gasteiger partial charge in [-0.25, -0.2) is 0 Å². The van der Waals surface area contributed by atoms with E-state index in [1.165, 1.54) is 0 Å². The van der Waals surface area contributed by atoms with Crippen molar-refractivity contribution in [2.45, 2.75) is 52.7 Å². The average molecular weight is 211 g/mol. The molecule has 1 unspecified atom stereocenters. The summed E-state index contributed by atoms with van der Waals surface area (Å²) in [5.41, 5.74) is 5.73. The van der Waals surface area contributed by atoms with Gasteiger partial charge >= 0.3 is 0 Å². The van der Waals surface area contributed by atoms with Crippen molar-refractivity contribution in [3.63, 3.8) is 0 Å². The third-order valence-corrected chi connectivity index (χ3v) is 2.27. The fraction of sp³-hybridized carbons (Fsp3) is 0.800. The molecular weight excluding hydrogens is 190 g/mol. The van der Waals surface area contributed by atoms with Crippen molar-refractivity contribution in [2.75, 3.05) is 4.90 Å². The first-order valence-electron chi connectivity index (χ1n) is 5.39. The second-order valence-electron chi connectivity index (χ2n) is 4.40. The highest BCUT2D eigenvalue weighted by atomic mass is 15.4. The maximum absolute atomic E-state index is 5.73. The summed E-state index contributed by atoms with van der Waals surface area (Å²) in [5, 5.41) is 7.06. The lowest BCUT2D eigenvalue weighted by Crippen LogP contribution is -2.37. The van der Waals surface area contributed by atoms with Crippen LogP contribution in [0.2, 0.25) is 0 Å². The zero-order valence-corrected chi connectivity index (χ0v) is 10.2. The molecule has 0 saturated carbocycles. The minimum atomic E-state index is -0.104. The Morgan fingerprint density at radius 2 is 1.67 bits per heavy atom. The van der Waals surface area contributed by atoms with E-state index in [-0.39, 0.29) is 6.04 Å². The quantitative estimate of drug-likeness (QED) is 0.790. The zero-order chi connectivity index (χ0) is 11.6. The fourth-order valence-electron chi connectivity index (χ4n) is 1.64. The van der Waals surface area contributed by atoms with Gasteiger partial charge < -0.3 is 10.6 Å². The number of nitrogens with zero attached hydrogens (tertiary/aromatic N) is 3. The molecule has 5 nitrogen and oxygen atoms in total. The molecule has 0 spiro atoms. The van der Waals surface area contributed by atoms with Crippen LogP contribution in [-0.2, 0) is 0 Å². The van der Waals surface area contributed by atoms with Crippen LogP contribution in [0, 0.1) is 0 Å². The van der Waals surface area contributed by atoms with Crippen molar-refractivity contribution < 1.29 is 0 Å². The first kappa shape index (κ1) is 12.0. The summed E-state index contributed by atoms with van der Waals surface area (Å²) < 4.78 is 0. The number of aromatic nitrogens is 3. The minimum Gasteiger partial charge on any atom is -0.335 e. The Morgan fingerprint density at radius 1 is 1.13 bits per heavy atom. The molecule has 0 saturated heterocycles. The molecule has 0 aliphatic rings. The van der Waals surface area contributed by atoms with E-state index in [4.69, 9.17) is 5.73 Å². The predicted molar refractivity (Wildman–Crippen MR) is 61.7 cm³/mol. The summed E-state index contributed by atoms with van der Waals surface area (Å²) in [6, 6.07) is 0.649. The van der Waals surface area contributed by atoms with Crippen LogP contribution in [0.3, 0.4) is 0 Å². The van der Waals surface area contributed by atoms with E-state index in [0.29, 0.717) is 12.1 Å². The average Bonchev–Trinajstić information content (AvgIpc) is 2.51. The van der Waals surface area contributed by atoms with Gasteiger partial charge in [0.25, 0.3) is 0 Å². The van der Waals surface area contributed by atoms with Crippen molar-refractivity contribution in [1.82, 2.24) is 15.2 Å². The second kappa shape index (κ2) is 4.61. The molecule has 1 atom stereocenters. The largest absolute Gasteiger partial charge is 0.335 e.